The van der Waals surface area contributed by atoms with E-state index >= 15 is 0 Å². The molecule has 0 bridgehead atoms. The first kappa shape index (κ1) is 10.7. The zero-order chi connectivity index (χ0) is 10.8. The molecule has 0 saturated heterocycles. The second kappa shape index (κ2) is 4.33. The molecule has 80 valence electrons. The van der Waals surface area contributed by atoms with Gasteiger partial charge in [-0.3, -0.25) is 0 Å². The third-order valence-electron chi connectivity index (χ3n) is 2.56. The molecule has 1 aromatic carbocycles. The molecule has 0 amide bonds. The van der Waals surface area contributed by atoms with Crippen molar-refractivity contribution in [2.24, 2.45) is 5.92 Å². The molecule has 1 nitrogen and oxygen atoms in total. The van der Waals surface area contributed by atoms with Crippen molar-refractivity contribution in [3.05, 3.63) is 35.2 Å². The minimum Gasteiger partial charge on any atom is -0.388 e. The van der Waals surface area contributed by atoms with Crippen molar-refractivity contribution in [3.8, 4) is 0 Å². The standard InChI is InChI=1S/C13H16OS/c1-9(2)8-12(14)11-5-3-4-10-6-7-15-13(10)11/h3-7,9,12,14H,8H2,1-2H3. The monoisotopic (exact) mass is 220 g/mol. The highest BCUT2D eigenvalue weighted by Crippen LogP contribution is 2.31. The van der Waals surface area contributed by atoms with Crippen LogP contribution >= 0.6 is 11.3 Å². The number of hydrogen-bond acceptors (Lipinski definition) is 2. The molecule has 2 rings (SSSR count). The van der Waals surface area contributed by atoms with Crippen LogP contribution in [0.4, 0.5) is 0 Å². The van der Waals surface area contributed by atoms with Crippen molar-refractivity contribution in [2.75, 3.05) is 0 Å². The third kappa shape index (κ3) is 2.21. The largest absolute Gasteiger partial charge is 0.388 e. The molecular formula is C13H16OS. The Morgan fingerprint density at radius 1 is 1.27 bits per heavy atom. The molecule has 1 unspecified atom stereocenters. The van der Waals surface area contributed by atoms with Crippen molar-refractivity contribution < 1.29 is 5.11 Å². The maximum Gasteiger partial charge on any atom is 0.0806 e. The van der Waals surface area contributed by atoms with Crippen molar-refractivity contribution in [1.82, 2.24) is 0 Å². The number of aliphatic hydroxyl groups is 1. The number of benzene rings is 1. The molecule has 0 saturated carbocycles. The van der Waals surface area contributed by atoms with Crippen LogP contribution in [0.25, 0.3) is 10.1 Å². The summed E-state index contributed by atoms with van der Waals surface area (Å²) < 4.78 is 1.23. The van der Waals surface area contributed by atoms with E-state index in [0.29, 0.717) is 5.92 Å². The van der Waals surface area contributed by atoms with Gasteiger partial charge in [0.15, 0.2) is 0 Å². The fourth-order valence-corrected chi connectivity index (χ4v) is 2.82. The number of thiophene rings is 1. The van der Waals surface area contributed by atoms with Crippen LogP contribution in [0.1, 0.15) is 31.9 Å². The summed E-state index contributed by atoms with van der Waals surface area (Å²) in [4.78, 5) is 0. The Balaban J connectivity index is 2.38. The van der Waals surface area contributed by atoms with E-state index in [1.165, 1.54) is 10.1 Å². The smallest absolute Gasteiger partial charge is 0.0806 e. The first-order valence-corrected chi connectivity index (χ1v) is 6.20. The summed E-state index contributed by atoms with van der Waals surface area (Å²) in [7, 11) is 0. The number of hydrogen-bond donors (Lipinski definition) is 1. The number of rotatable bonds is 3. The van der Waals surface area contributed by atoms with Crippen molar-refractivity contribution in [2.45, 2.75) is 26.4 Å². The first-order valence-electron chi connectivity index (χ1n) is 5.32. The lowest BCUT2D eigenvalue weighted by Gasteiger charge is -2.14. The first-order chi connectivity index (χ1) is 7.18. The van der Waals surface area contributed by atoms with Gasteiger partial charge in [0.05, 0.1) is 6.10 Å². The van der Waals surface area contributed by atoms with Gasteiger partial charge in [-0.15, -0.1) is 11.3 Å². The molecule has 2 heteroatoms. The molecule has 15 heavy (non-hydrogen) atoms. The van der Waals surface area contributed by atoms with Gasteiger partial charge in [0.1, 0.15) is 0 Å². The van der Waals surface area contributed by atoms with Gasteiger partial charge in [-0.1, -0.05) is 32.0 Å². The summed E-state index contributed by atoms with van der Waals surface area (Å²) in [5.74, 6) is 0.523. The topological polar surface area (TPSA) is 20.2 Å². The van der Waals surface area contributed by atoms with Gasteiger partial charge in [0, 0.05) is 4.70 Å². The van der Waals surface area contributed by atoms with Crippen LogP contribution in [0.5, 0.6) is 0 Å². The van der Waals surface area contributed by atoms with Crippen LogP contribution in [0.2, 0.25) is 0 Å². The highest BCUT2D eigenvalue weighted by atomic mass is 32.1. The Morgan fingerprint density at radius 2 is 2.07 bits per heavy atom. The molecule has 0 aliphatic carbocycles. The Morgan fingerprint density at radius 3 is 2.80 bits per heavy atom. The number of aliphatic hydroxyl groups excluding tert-OH is 1. The van der Waals surface area contributed by atoms with Crippen molar-refractivity contribution in [3.63, 3.8) is 0 Å². The van der Waals surface area contributed by atoms with Gasteiger partial charge in [-0.05, 0) is 34.7 Å². The maximum absolute atomic E-state index is 10.1. The Hall–Kier alpha value is -0.860. The molecule has 1 aromatic heterocycles. The van der Waals surface area contributed by atoms with Gasteiger partial charge >= 0.3 is 0 Å². The highest BCUT2D eigenvalue weighted by Gasteiger charge is 2.13. The van der Waals surface area contributed by atoms with Crippen LogP contribution in [-0.4, -0.2) is 5.11 Å². The second-order valence-electron chi connectivity index (χ2n) is 4.33. The van der Waals surface area contributed by atoms with Gasteiger partial charge in [0.2, 0.25) is 0 Å². The SMILES string of the molecule is CC(C)CC(O)c1cccc2ccsc12. The fourth-order valence-electron chi connectivity index (χ4n) is 1.85. The lowest BCUT2D eigenvalue weighted by atomic mass is 9.99. The van der Waals surface area contributed by atoms with E-state index in [2.05, 4.69) is 31.4 Å². The summed E-state index contributed by atoms with van der Waals surface area (Å²) >= 11 is 1.71. The van der Waals surface area contributed by atoms with E-state index in [0.717, 1.165) is 12.0 Å². The van der Waals surface area contributed by atoms with E-state index < -0.39 is 0 Å². The Kier molecular flexibility index (Phi) is 3.08. The van der Waals surface area contributed by atoms with Gasteiger partial charge in [0.25, 0.3) is 0 Å². The van der Waals surface area contributed by atoms with E-state index in [4.69, 9.17) is 0 Å². The molecule has 2 aromatic rings. The molecule has 0 radical (unpaired) electrons. The van der Waals surface area contributed by atoms with Crippen LogP contribution in [-0.2, 0) is 0 Å². The third-order valence-corrected chi connectivity index (χ3v) is 3.54. The quantitative estimate of drug-likeness (QED) is 0.829. The normalized spacial score (nSPS) is 13.6. The Bertz CT molecular complexity index is 444. The molecular weight excluding hydrogens is 204 g/mol. The van der Waals surface area contributed by atoms with E-state index in [1.807, 2.05) is 12.1 Å². The van der Waals surface area contributed by atoms with E-state index in [9.17, 15) is 5.11 Å². The van der Waals surface area contributed by atoms with Crippen LogP contribution in [0, 0.1) is 5.92 Å². The minimum atomic E-state index is -0.327. The lowest BCUT2D eigenvalue weighted by molar-refractivity contribution is 0.152. The predicted molar refractivity (Wildman–Crippen MR) is 66.2 cm³/mol. The van der Waals surface area contributed by atoms with Crippen LogP contribution in [0.15, 0.2) is 29.6 Å². The van der Waals surface area contributed by atoms with Crippen molar-refractivity contribution >= 4 is 21.4 Å². The van der Waals surface area contributed by atoms with Crippen molar-refractivity contribution in [1.29, 1.82) is 0 Å². The molecule has 1 heterocycles. The van der Waals surface area contributed by atoms with Gasteiger partial charge in [-0.25, -0.2) is 0 Å². The molecule has 1 atom stereocenters. The predicted octanol–water partition coefficient (Wildman–Crippen LogP) is 3.98. The molecule has 0 fully saturated rings. The second-order valence-corrected chi connectivity index (χ2v) is 5.25. The van der Waals surface area contributed by atoms with E-state index in [1.54, 1.807) is 11.3 Å². The molecule has 0 spiro atoms. The zero-order valence-corrected chi connectivity index (χ0v) is 9.92. The molecule has 0 aliphatic rings. The van der Waals surface area contributed by atoms with Crippen LogP contribution < -0.4 is 0 Å². The molecule has 0 aliphatic heterocycles. The van der Waals surface area contributed by atoms with Crippen LogP contribution in [0.3, 0.4) is 0 Å². The summed E-state index contributed by atoms with van der Waals surface area (Å²) in [6.07, 6.45) is 0.504. The summed E-state index contributed by atoms with van der Waals surface area (Å²) in [6.45, 7) is 4.27. The average molecular weight is 220 g/mol. The Labute approximate surface area is 94.4 Å². The van der Waals surface area contributed by atoms with Gasteiger partial charge < -0.3 is 5.11 Å². The highest BCUT2D eigenvalue weighted by molar-refractivity contribution is 7.17. The number of fused-ring (bicyclic) bond motifs is 1. The molecule has 1 N–H and O–H groups in total. The summed E-state index contributed by atoms with van der Waals surface area (Å²) in [5.41, 5.74) is 1.08. The minimum absolute atomic E-state index is 0.327. The maximum atomic E-state index is 10.1. The zero-order valence-electron chi connectivity index (χ0n) is 9.10. The lowest BCUT2D eigenvalue weighted by Crippen LogP contribution is -2.01. The van der Waals surface area contributed by atoms with Gasteiger partial charge in [-0.2, -0.15) is 0 Å². The van der Waals surface area contributed by atoms with E-state index in [-0.39, 0.29) is 6.10 Å². The summed E-state index contributed by atoms with van der Waals surface area (Å²) in [6, 6.07) is 8.25. The fraction of sp³-hybridized carbons (Fsp3) is 0.385. The average Bonchev–Trinajstić information content (AvgIpc) is 2.63. The summed E-state index contributed by atoms with van der Waals surface area (Å²) in [5, 5.41) is 13.4.